The van der Waals surface area contributed by atoms with Gasteiger partial charge in [0.25, 0.3) is 0 Å². The van der Waals surface area contributed by atoms with Crippen molar-refractivity contribution in [3.05, 3.63) is 58.7 Å². The van der Waals surface area contributed by atoms with Crippen molar-refractivity contribution in [1.29, 1.82) is 0 Å². The first-order valence-corrected chi connectivity index (χ1v) is 8.84. The van der Waals surface area contributed by atoms with Crippen LogP contribution in [-0.4, -0.2) is 0 Å². The van der Waals surface area contributed by atoms with Gasteiger partial charge in [0.2, 0.25) is 0 Å². The summed E-state index contributed by atoms with van der Waals surface area (Å²) in [6.45, 7) is 9.07. The van der Waals surface area contributed by atoms with E-state index in [1.54, 1.807) is 11.1 Å². The van der Waals surface area contributed by atoms with Crippen molar-refractivity contribution < 1.29 is 0 Å². The lowest BCUT2D eigenvalue weighted by Crippen LogP contribution is -2.05. The second-order valence-electron chi connectivity index (χ2n) is 6.18. The van der Waals surface area contributed by atoms with Gasteiger partial charge in [-0.05, 0) is 65.6 Å². The van der Waals surface area contributed by atoms with E-state index in [1.165, 1.54) is 54.4 Å². The van der Waals surface area contributed by atoms with Gasteiger partial charge >= 0.3 is 0 Å². The standard InChI is InChI=1S/C22H29/c1-5-11-19-16-17(4)22(18-14-9-8-10-15-18)21(13-7-3)20(19)12-6-2/h8-10,14-15H,5-7,11-13H2,1-4H3. The van der Waals surface area contributed by atoms with Gasteiger partial charge in [-0.15, -0.1) is 0 Å². The van der Waals surface area contributed by atoms with Gasteiger partial charge in [0.05, 0.1) is 0 Å². The van der Waals surface area contributed by atoms with E-state index in [-0.39, 0.29) is 0 Å². The zero-order valence-corrected chi connectivity index (χ0v) is 14.6. The molecule has 0 unspecified atom stereocenters. The van der Waals surface area contributed by atoms with E-state index in [4.69, 9.17) is 0 Å². The van der Waals surface area contributed by atoms with E-state index in [0.717, 1.165) is 6.42 Å². The highest BCUT2D eigenvalue weighted by Crippen LogP contribution is 2.34. The lowest BCUT2D eigenvalue weighted by molar-refractivity contribution is 0.823. The Bertz CT molecular complexity index is 593. The number of hydrogen-bond donors (Lipinski definition) is 0. The van der Waals surface area contributed by atoms with Crippen LogP contribution >= 0.6 is 0 Å². The predicted molar refractivity (Wildman–Crippen MR) is 97.4 cm³/mol. The maximum absolute atomic E-state index is 3.73. The molecule has 0 saturated heterocycles. The van der Waals surface area contributed by atoms with Crippen molar-refractivity contribution in [3.63, 3.8) is 0 Å². The summed E-state index contributed by atoms with van der Waals surface area (Å²) in [7, 11) is 0. The molecule has 1 radical (unpaired) electrons. The average Bonchev–Trinajstić information content (AvgIpc) is 2.52. The predicted octanol–water partition coefficient (Wildman–Crippen LogP) is 6.32. The summed E-state index contributed by atoms with van der Waals surface area (Å²) in [6, 6.07) is 14.6. The largest absolute Gasteiger partial charge is 0.0651 e. The maximum atomic E-state index is 3.73. The Morgan fingerprint density at radius 1 is 0.773 bits per heavy atom. The minimum absolute atomic E-state index is 1.15. The van der Waals surface area contributed by atoms with Crippen LogP contribution in [0.5, 0.6) is 0 Å². The normalized spacial score (nSPS) is 10.9. The molecule has 0 aliphatic heterocycles. The first-order valence-electron chi connectivity index (χ1n) is 8.84. The van der Waals surface area contributed by atoms with Gasteiger partial charge in [0, 0.05) is 0 Å². The van der Waals surface area contributed by atoms with Crippen LogP contribution in [0.15, 0.2) is 30.3 Å². The third-order valence-electron chi connectivity index (χ3n) is 4.31. The van der Waals surface area contributed by atoms with Crippen molar-refractivity contribution in [2.75, 3.05) is 0 Å². The highest BCUT2D eigenvalue weighted by Gasteiger charge is 2.16. The van der Waals surface area contributed by atoms with E-state index < -0.39 is 0 Å². The SMILES string of the molecule is CCCc1[c]c(C)c(-c2ccccc2)c(CCC)c1CCC. The molecule has 0 fully saturated rings. The number of benzene rings is 2. The monoisotopic (exact) mass is 293 g/mol. The van der Waals surface area contributed by atoms with Crippen molar-refractivity contribution >= 4 is 0 Å². The fourth-order valence-corrected chi connectivity index (χ4v) is 3.46. The van der Waals surface area contributed by atoms with E-state index in [0.29, 0.717) is 0 Å². The van der Waals surface area contributed by atoms with Gasteiger partial charge < -0.3 is 0 Å². The molecule has 117 valence electrons. The molecule has 0 heterocycles. The maximum Gasteiger partial charge on any atom is -0.0108 e. The van der Waals surface area contributed by atoms with Crippen molar-refractivity contribution in [1.82, 2.24) is 0 Å². The molecule has 0 spiro atoms. The van der Waals surface area contributed by atoms with Crippen LogP contribution in [0.4, 0.5) is 0 Å². The van der Waals surface area contributed by atoms with Crippen molar-refractivity contribution in [2.45, 2.75) is 66.2 Å². The zero-order valence-electron chi connectivity index (χ0n) is 14.6. The Balaban J connectivity index is 2.68. The molecule has 22 heavy (non-hydrogen) atoms. The van der Waals surface area contributed by atoms with Crippen LogP contribution in [-0.2, 0) is 19.3 Å². The Labute approximate surface area is 136 Å². The topological polar surface area (TPSA) is 0 Å². The lowest BCUT2D eigenvalue weighted by Gasteiger charge is -2.21. The fraction of sp³-hybridized carbons (Fsp3) is 0.455. The molecule has 0 aliphatic carbocycles. The zero-order chi connectivity index (χ0) is 15.9. The fourth-order valence-electron chi connectivity index (χ4n) is 3.46. The smallest absolute Gasteiger partial charge is 0.0108 e. The Kier molecular flexibility index (Phi) is 6.24. The van der Waals surface area contributed by atoms with E-state index >= 15 is 0 Å². The van der Waals surface area contributed by atoms with E-state index in [2.05, 4.69) is 64.1 Å². The average molecular weight is 293 g/mol. The molecule has 0 saturated carbocycles. The van der Waals surface area contributed by atoms with Crippen LogP contribution in [0.1, 0.15) is 62.3 Å². The molecule has 0 aromatic heterocycles. The summed E-state index contributed by atoms with van der Waals surface area (Å²) in [5.74, 6) is 0. The summed E-state index contributed by atoms with van der Waals surface area (Å²) in [5, 5.41) is 0. The molecule has 0 atom stereocenters. The molecule has 0 N–H and O–H groups in total. The third kappa shape index (κ3) is 3.61. The van der Waals surface area contributed by atoms with Gasteiger partial charge in [-0.25, -0.2) is 0 Å². The summed E-state index contributed by atoms with van der Waals surface area (Å²) in [5.41, 5.74) is 8.72. The minimum Gasteiger partial charge on any atom is -0.0651 e. The Morgan fingerprint density at radius 2 is 1.36 bits per heavy atom. The Hall–Kier alpha value is -1.56. The van der Waals surface area contributed by atoms with Gasteiger partial charge in [-0.1, -0.05) is 70.4 Å². The molecule has 0 nitrogen and oxygen atoms in total. The van der Waals surface area contributed by atoms with Gasteiger partial charge in [0.15, 0.2) is 0 Å². The highest BCUT2D eigenvalue weighted by atomic mass is 14.2. The summed E-state index contributed by atoms with van der Waals surface area (Å²) >= 11 is 0. The molecular formula is C22H29. The Morgan fingerprint density at radius 3 is 1.95 bits per heavy atom. The molecular weight excluding hydrogens is 264 g/mol. The molecule has 2 aromatic carbocycles. The molecule has 2 aromatic rings. The van der Waals surface area contributed by atoms with Crippen LogP contribution in [0.25, 0.3) is 11.1 Å². The molecule has 0 amide bonds. The van der Waals surface area contributed by atoms with Crippen LogP contribution in [0.2, 0.25) is 0 Å². The molecule has 2 rings (SSSR count). The lowest BCUT2D eigenvalue weighted by atomic mass is 9.83. The third-order valence-corrected chi connectivity index (χ3v) is 4.31. The van der Waals surface area contributed by atoms with Gasteiger partial charge in [-0.3, -0.25) is 0 Å². The van der Waals surface area contributed by atoms with Crippen LogP contribution < -0.4 is 0 Å². The highest BCUT2D eigenvalue weighted by molar-refractivity contribution is 5.73. The van der Waals surface area contributed by atoms with E-state index in [9.17, 15) is 0 Å². The number of hydrogen-bond acceptors (Lipinski definition) is 0. The number of aryl methyl sites for hydroxylation is 2. The van der Waals surface area contributed by atoms with Crippen molar-refractivity contribution in [3.8, 4) is 11.1 Å². The minimum atomic E-state index is 1.15. The van der Waals surface area contributed by atoms with Crippen LogP contribution in [0.3, 0.4) is 0 Å². The molecule has 0 heteroatoms. The van der Waals surface area contributed by atoms with Gasteiger partial charge in [-0.2, -0.15) is 0 Å². The first-order chi connectivity index (χ1) is 10.7. The molecule has 0 aliphatic rings. The molecule has 0 bridgehead atoms. The van der Waals surface area contributed by atoms with Crippen molar-refractivity contribution in [2.24, 2.45) is 0 Å². The summed E-state index contributed by atoms with van der Waals surface area (Å²) in [4.78, 5) is 0. The first kappa shape index (κ1) is 16.8. The number of rotatable bonds is 7. The summed E-state index contributed by atoms with van der Waals surface area (Å²) < 4.78 is 0. The quantitative estimate of drug-likeness (QED) is 0.560. The second kappa shape index (κ2) is 8.17. The van der Waals surface area contributed by atoms with Crippen LogP contribution in [0, 0.1) is 13.0 Å². The van der Waals surface area contributed by atoms with E-state index in [1.807, 2.05) is 0 Å². The van der Waals surface area contributed by atoms with Gasteiger partial charge in [0.1, 0.15) is 0 Å². The summed E-state index contributed by atoms with van der Waals surface area (Å²) in [6.07, 6.45) is 7.11. The second-order valence-corrected chi connectivity index (χ2v) is 6.18.